The van der Waals surface area contributed by atoms with Gasteiger partial charge < -0.3 is 9.73 Å². The Labute approximate surface area is 112 Å². The van der Waals surface area contributed by atoms with Crippen LogP contribution in [0.25, 0.3) is 11.3 Å². The molecule has 1 N–H and O–H groups in total. The maximum Gasteiger partial charge on any atom is 0.0996 e. The predicted octanol–water partition coefficient (Wildman–Crippen LogP) is 2.83. The monoisotopic (exact) mass is 272 g/mol. The zero-order valence-electron chi connectivity index (χ0n) is 9.18. The summed E-state index contributed by atoms with van der Waals surface area (Å²) < 4.78 is 5.06. The average Bonchev–Trinajstić information content (AvgIpc) is 2.82. The molecule has 3 rings (SSSR count). The van der Waals surface area contributed by atoms with Gasteiger partial charge in [0.05, 0.1) is 18.2 Å². The van der Waals surface area contributed by atoms with Crippen LogP contribution in [0.3, 0.4) is 0 Å². The lowest BCUT2D eigenvalue weighted by Gasteiger charge is -2.16. The van der Waals surface area contributed by atoms with E-state index in [1.165, 1.54) is 11.3 Å². The lowest BCUT2D eigenvalue weighted by atomic mass is 10.1. The molecule has 3 nitrogen and oxygen atoms in total. The molecule has 0 unspecified atom stereocenters. The van der Waals surface area contributed by atoms with Gasteiger partial charge >= 0.3 is 0 Å². The summed E-state index contributed by atoms with van der Waals surface area (Å²) in [4.78, 5) is 4.66. The van der Waals surface area contributed by atoms with Crippen LogP contribution in [0.5, 0.6) is 0 Å². The van der Waals surface area contributed by atoms with Crippen LogP contribution in [0.1, 0.15) is 11.3 Å². The first-order chi connectivity index (χ1) is 7.43. The van der Waals surface area contributed by atoms with Crippen molar-refractivity contribution in [1.82, 2.24) is 10.3 Å². The van der Waals surface area contributed by atoms with E-state index < -0.39 is 0 Å². The number of nitrogens with zero attached hydrogens (tertiary/aromatic N) is 1. The van der Waals surface area contributed by atoms with Crippen LogP contribution in [0, 0.1) is 0 Å². The maximum atomic E-state index is 5.06. The minimum Gasteiger partial charge on any atom is -0.472 e. The summed E-state index contributed by atoms with van der Waals surface area (Å²) >= 11 is 0. The summed E-state index contributed by atoms with van der Waals surface area (Å²) in [7, 11) is 0. The molecule has 2 aromatic rings. The molecule has 0 aliphatic carbocycles. The van der Waals surface area contributed by atoms with Crippen molar-refractivity contribution in [3.05, 3.63) is 42.0 Å². The highest BCUT2D eigenvalue weighted by Crippen LogP contribution is 2.20. The van der Waals surface area contributed by atoms with Gasteiger partial charge in [-0.15, -0.1) is 24.8 Å². The molecule has 0 saturated carbocycles. The summed E-state index contributed by atoms with van der Waals surface area (Å²) in [6.07, 6.45) is 4.43. The molecule has 0 aromatic carbocycles. The Morgan fingerprint density at radius 1 is 1.18 bits per heavy atom. The van der Waals surface area contributed by atoms with Gasteiger partial charge in [0.25, 0.3) is 0 Å². The fourth-order valence-corrected chi connectivity index (χ4v) is 1.91. The Morgan fingerprint density at radius 2 is 2.06 bits per heavy atom. The van der Waals surface area contributed by atoms with Crippen LogP contribution in [-0.2, 0) is 13.0 Å². The number of furan rings is 1. The van der Waals surface area contributed by atoms with Crippen molar-refractivity contribution in [3.8, 4) is 11.3 Å². The number of nitrogens with one attached hydrogen (secondary N) is 1. The molecule has 17 heavy (non-hydrogen) atoms. The first-order valence-electron chi connectivity index (χ1n) is 5.15. The van der Waals surface area contributed by atoms with E-state index in [0.717, 1.165) is 30.8 Å². The van der Waals surface area contributed by atoms with Crippen molar-refractivity contribution < 1.29 is 4.42 Å². The molecule has 0 bridgehead atoms. The number of aromatic nitrogens is 1. The molecular weight excluding hydrogens is 259 g/mol. The van der Waals surface area contributed by atoms with Gasteiger partial charge in [-0.05, 0) is 17.7 Å². The molecule has 5 heteroatoms. The van der Waals surface area contributed by atoms with E-state index >= 15 is 0 Å². The standard InChI is InChI=1S/C12H12N2O.2ClH/c1-2-11(10-4-6-15-8-10)14-12-3-5-13-7-9(1)12;;/h1-2,4,6,8,13H,3,5,7H2;2*1H. The van der Waals surface area contributed by atoms with Gasteiger partial charge in [-0.3, -0.25) is 4.98 Å². The molecule has 1 aliphatic rings. The summed E-state index contributed by atoms with van der Waals surface area (Å²) in [5.41, 5.74) is 4.58. The van der Waals surface area contributed by atoms with Gasteiger partial charge in [-0.1, -0.05) is 6.07 Å². The summed E-state index contributed by atoms with van der Waals surface area (Å²) in [6, 6.07) is 6.14. The molecule has 3 heterocycles. The molecule has 0 saturated heterocycles. The first kappa shape index (κ1) is 14.0. The topological polar surface area (TPSA) is 38.1 Å². The SMILES string of the molecule is Cl.Cl.c1cc(-c2ccc3c(n2)CCNC3)co1. The second-order valence-electron chi connectivity index (χ2n) is 3.74. The zero-order valence-corrected chi connectivity index (χ0v) is 10.8. The summed E-state index contributed by atoms with van der Waals surface area (Å²) in [6.45, 7) is 1.96. The lowest BCUT2D eigenvalue weighted by Crippen LogP contribution is -2.24. The average molecular weight is 273 g/mol. The van der Waals surface area contributed by atoms with E-state index in [0.29, 0.717) is 0 Å². The number of rotatable bonds is 1. The molecular formula is C12H14Cl2N2O. The highest BCUT2D eigenvalue weighted by Gasteiger charge is 2.11. The minimum absolute atomic E-state index is 0. The van der Waals surface area contributed by atoms with Gasteiger partial charge in [0.15, 0.2) is 0 Å². The third-order valence-electron chi connectivity index (χ3n) is 2.74. The normalized spacial score (nSPS) is 13.2. The van der Waals surface area contributed by atoms with E-state index in [1.54, 1.807) is 12.5 Å². The van der Waals surface area contributed by atoms with Crippen LogP contribution in [0.4, 0.5) is 0 Å². The van der Waals surface area contributed by atoms with Crippen LogP contribution in [0.15, 0.2) is 35.1 Å². The Balaban J connectivity index is 0.000000722. The molecule has 0 spiro atoms. The number of halogens is 2. The van der Waals surface area contributed by atoms with Crippen molar-refractivity contribution in [1.29, 1.82) is 0 Å². The molecule has 0 atom stereocenters. The van der Waals surface area contributed by atoms with E-state index in [9.17, 15) is 0 Å². The Bertz CT molecular complexity index is 471. The lowest BCUT2D eigenvalue weighted by molar-refractivity contribution is 0.568. The van der Waals surface area contributed by atoms with Gasteiger partial charge in [0, 0.05) is 30.8 Å². The number of hydrogen-bond acceptors (Lipinski definition) is 3. The maximum absolute atomic E-state index is 5.06. The third kappa shape index (κ3) is 2.80. The summed E-state index contributed by atoms with van der Waals surface area (Å²) in [5, 5.41) is 3.34. The first-order valence-corrected chi connectivity index (χ1v) is 5.15. The fraction of sp³-hybridized carbons (Fsp3) is 0.250. The quantitative estimate of drug-likeness (QED) is 0.868. The van der Waals surface area contributed by atoms with E-state index in [4.69, 9.17) is 4.42 Å². The Morgan fingerprint density at radius 3 is 2.82 bits per heavy atom. The van der Waals surface area contributed by atoms with E-state index in [1.807, 2.05) is 6.07 Å². The minimum atomic E-state index is 0. The fourth-order valence-electron chi connectivity index (χ4n) is 1.91. The van der Waals surface area contributed by atoms with Crippen molar-refractivity contribution in [2.75, 3.05) is 6.54 Å². The van der Waals surface area contributed by atoms with Gasteiger partial charge in [0.1, 0.15) is 0 Å². The third-order valence-corrected chi connectivity index (χ3v) is 2.74. The predicted molar refractivity (Wildman–Crippen MR) is 71.8 cm³/mol. The van der Waals surface area contributed by atoms with Gasteiger partial charge in [-0.2, -0.15) is 0 Å². The largest absolute Gasteiger partial charge is 0.472 e. The second kappa shape index (κ2) is 6.05. The Kier molecular flexibility index (Phi) is 5.00. The molecule has 1 aliphatic heterocycles. The van der Waals surface area contributed by atoms with Crippen molar-refractivity contribution >= 4 is 24.8 Å². The number of fused-ring (bicyclic) bond motifs is 1. The number of hydrogen-bond donors (Lipinski definition) is 1. The van der Waals surface area contributed by atoms with Crippen molar-refractivity contribution in [2.45, 2.75) is 13.0 Å². The van der Waals surface area contributed by atoms with E-state index in [2.05, 4.69) is 22.4 Å². The van der Waals surface area contributed by atoms with Crippen LogP contribution in [-0.4, -0.2) is 11.5 Å². The van der Waals surface area contributed by atoms with Crippen molar-refractivity contribution in [3.63, 3.8) is 0 Å². The highest BCUT2D eigenvalue weighted by molar-refractivity contribution is 5.85. The van der Waals surface area contributed by atoms with E-state index in [-0.39, 0.29) is 24.8 Å². The molecule has 92 valence electrons. The van der Waals surface area contributed by atoms with Crippen LogP contribution in [0.2, 0.25) is 0 Å². The van der Waals surface area contributed by atoms with Gasteiger partial charge in [-0.25, -0.2) is 0 Å². The molecule has 0 fully saturated rings. The molecule has 2 aromatic heterocycles. The smallest absolute Gasteiger partial charge is 0.0996 e. The zero-order chi connectivity index (χ0) is 10.1. The molecule has 0 amide bonds. The van der Waals surface area contributed by atoms with Gasteiger partial charge in [0.2, 0.25) is 0 Å². The van der Waals surface area contributed by atoms with Crippen LogP contribution >= 0.6 is 24.8 Å². The van der Waals surface area contributed by atoms with Crippen molar-refractivity contribution in [2.24, 2.45) is 0 Å². The Hall–Kier alpha value is -1.03. The molecule has 0 radical (unpaired) electrons. The van der Waals surface area contributed by atoms with Crippen LogP contribution < -0.4 is 5.32 Å². The second-order valence-corrected chi connectivity index (χ2v) is 3.74. The summed E-state index contributed by atoms with van der Waals surface area (Å²) in [5.74, 6) is 0. The highest BCUT2D eigenvalue weighted by atomic mass is 35.5. The number of pyridine rings is 1.